The topological polar surface area (TPSA) is 78.0 Å². The summed E-state index contributed by atoms with van der Waals surface area (Å²) in [6.45, 7) is 4.07. The monoisotopic (exact) mass is 419 g/mol. The Balaban J connectivity index is 1.33. The number of imide groups is 1. The van der Waals surface area contributed by atoms with Gasteiger partial charge in [0.1, 0.15) is 0 Å². The van der Waals surface area contributed by atoms with E-state index in [1.54, 1.807) is 34.1 Å². The van der Waals surface area contributed by atoms with E-state index in [1.807, 2.05) is 31.2 Å². The number of aryl methyl sites for hydroxylation is 1. The standard InChI is InChI=1S/C24H25N3O4/c1-17-6-4-7-18(16-17)22(29)26-12-5-11-25(14-15-26)21(28)10-13-27-23(30)19-8-2-3-9-20(19)24(27)31/h2-4,6-9,16H,5,10-15H2,1H3. The number of hydrogen-bond acceptors (Lipinski definition) is 4. The smallest absolute Gasteiger partial charge is 0.261 e. The van der Waals surface area contributed by atoms with Crippen LogP contribution < -0.4 is 0 Å². The van der Waals surface area contributed by atoms with Gasteiger partial charge in [0.25, 0.3) is 17.7 Å². The largest absolute Gasteiger partial charge is 0.341 e. The Kier molecular flexibility index (Phi) is 5.84. The second-order valence-electron chi connectivity index (χ2n) is 7.95. The highest BCUT2D eigenvalue weighted by molar-refractivity contribution is 6.21. The van der Waals surface area contributed by atoms with Crippen molar-refractivity contribution in [3.63, 3.8) is 0 Å². The molecule has 2 heterocycles. The Morgan fingerprint density at radius 2 is 1.48 bits per heavy atom. The molecule has 0 aromatic heterocycles. The second-order valence-corrected chi connectivity index (χ2v) is 7.95. The Morgan fingerprint density at radius 1 is 0.839 bits per heavy atom. The van der Waals surface area contributed by atoms with Gasteiger partial charge in [-0.05, 0) is 37.6 Å². The average Bonchev–Trinajstić information content (AvgIpc) is 2.94. The molecule has 0 bridgehead atoms. The highest BCUT2D eigenvalue weighted by Gasteiger charge is 2.35. The molecule has 7 nitrogen and oxygen atoms in total. The number of rotatable bonds is 4. The first kappa shape index (κ1) is 20.8. The molecular weight excluding hydrogens is 394 g/mol. The zero-order valence-corrected chi connectivity index (χ0v) is 17.5. The summed E-state index contributed by atoms with van der Waals surface area (Å²) in [6.07, 6.45) is 0.771. The summed E-state index contributed by atoms with van der Waals surface area (Å²) >= 11 is 0. The van der Waals surface area contributed by atoms with Crippen molar-refractivity contribution >= 4 is 23.6 Å². The minimum absolute atomic E-state index is 0.0241. The van der Waals surface area contributed by atoms with Crippen LogP contribution in [0.15, 0.2) is 48.5 Å². The third-order valence-corrected chi connectivity index (χ3v) is 5.83. The molecule has 160 valence electrons. The lowest BCUT2D eigenvalue weighted by Gasteiger charge is -2.23. The molecule has 1 fully saturated rings. The molecule has 1 saturated heterocycles. The Bertz CT molecular complexity index is 1010. The van der Waals surface area contributed by atoms with Crippen LogP contribution in [0.2, 0.25) is 0 Å². The van der Waals surface area contributed by atoms with E-state index in [4.69, 9.17) is 0 Å². The van der Waals surface area contributed by atoms with Crippen LogP contribution in [0.3, 0.4) is 0 Å². The van der Waals surface area contributed by atoms with E-state index >= 15 is 0 Å². The van der Waals surface area contributed by atoms with E-state index in [0.29, 0.717) is 49.3 Å². The van der Waals surface area contributed by atoms with Gasteiger partial charge < -0.3 is 9.80 Å². The highest BCUT2D eigenvalue weighted by atomic mass is 16.2. The lowest BCUT2D eigenvalue weighted by Crippen LogP contribution is -2.39. The molecule has 2 aliphatic rings. The molecule has 0 radical (unpaired) electrons. The SMILES string of the molecule is Cc1cccc(C(=O)N2CCCN(C(=O)CCN3C(=O)c4ccccc4C3=O)CC2)c1. The van der Waals surface area contributed by atoms with Gasteiger partial charge in [0, 0.05) is 44.7 Å². The maximum atomic E-state index is 12.8. The fraction of sp³-hybridized carbons (Fsp3) is 0.333. The molecule has 4 rings (SSSR count). The first-order valence-corrected chi connectivity index (χ1v) is 10.5. The fourth-order valence-corrected chi connectivity index (χ4v) is 4.14. The van der Waals surface area contributed by atoms with Crippen molar-refractivity contribution in [2.24, 2.45) is 0 Å². The summed E-state index contributed by atoms with van der Waals surface area (Å²) in [5, 5.41) is 0. The van der Waals surface area contributed by atoms with Crippen molar-refractivity contribution in [1.82, 2.24) is 14.7 Å². The van der Waals surface area contributed by atoms with Gasteiger partial charge in [-0.2, -0.15) is 0 Å². The van der Waals surface area contributed by atoms with Crippen molar-refractivity contribution in [2.45, 2.75) is 19.8 Å². The molecule has 0 saturated carbocycles. The Labute approximate surface area is 181 Å². The third kappa shape index (κ3) is 4.21. The maximum absolute atomic E-state index is 12.8. The van der Waals surface area contributed by atoms with E-state index < -0.39 is 0 Å². The zero-order chi connectivity index (χ0) is 22.0. The van der Waals surface area contributed by atoms with Crippen LogP contribution in [0.5, 0.6) is 0 Å². The van der Waals surface area contributed by atoms with Gasteiger partial charge in [0.05, 0.1) is 11.1 Å². The van der Waals surface area contributed by atoms with Crippen LogP contribution >= 0.6 is 0 Å². The lowest BCUT2D eigenvalue weighted by atomic mass is 10.1. The van der Waals surface area contributed by atoms with E-state index in [2.05, 4.69) is 0 Å². The Hall–Kier alpha value is -3.48. The van der Waals surface area contributed by atoms with Crippen LogP contribution in [0, 0.1) is 6.92 Å². The number of nitrogens with zero attached hydrogens (tertiary/aromatic N) is 3. The number of hydrogen-bond donors (Lipinski definition) is 0. The van der Waals surface area contributed by atoms with Crippen molar-refractivity contribution in [3.05, 3.63) is 70.8 Å². The quantitative estimate of drug-likeness (QED) is 0.713. The van der Waals surface area contributed by atoms with Gasteiger partial charge in [0.2, 0.25) is 5.91 Å². The summed E-state index contributed by atoms with van der Waals surface area (Å²) < 4.78 is 0. The molecule has 2 aliphatic heterocycles. The van der Waals surface area contributed by atoms with Gasteiger partial charge in [0.15, 0.2) is 0 Å². The van der Waals surface area contributed by atoms with Crippen LogP contribution in [0.25, 0.3) is 0 Å². The van der Waals surface area contributed by atoms with Gasteiger partial charge in [-0.25, -0.2) is 0 Å². The molecular formula is C24H25N3O4. The van der Waals surface area contributed by atoms with Crippen LogP contribution in [0.1, 0.15) is 49.5 Å². The number of carbonyl (C=O) groups excluding carboxylic acids is 4. The second kappa shape index (κ2) is 8.71. The predicted molar refractivity (Wildman–Crippen MR) is 115 cm³/mol. The molecule has 31 heavy (non-hydrogen) atoms. The summed E-state index contributed by atoms with van der Waals surface area (Å²) in [4.78, 5) is 55.1. The maximum Gasteiger partial charge on any atom is 0.261 e. The summed E-state index contributed by atoms with van der Waals surface area (Å²) in [6, 6.07) is 14.2. The van der Waals surface area contributed by atoms with E-state index in [1.165, 1.54) is 0 Å². The average molecular weight is 419 g/mol. The van der Waals surface area contributed by atoms with Crippen LogP contribution in [-0.2, 0) is 4.79 Å². The van der Waals surface area contributed by atoms with Gasteiger partial charge >= 0.3 is 0 Å². The molecule has 2 aromatic rings. The first-order valence-electron chi connectivity index (χ1n) is 10.5. The molecule has 2 aromatic carbocycles. The molecule has 0 unspecified atom stereocenters. The van der Waals surface area contributed by atoms with Crippen molar-refractivity contribution in [2.75, 3.05) is 32.7 Å². The van der Waals surface area contributed by atoms with E-state index in [9.17, 15) is 19.2 Å². The third-order valence-electron chi connectivity index (χ3n) is 5.83. The van der Waals surface area contributed by atoms with Crippen molar-refractivity contribution < 1.29 is 19.2 Å². The molecule has 0 atom stereocenters. The highest BCUT2D eigenvalue weighted by Crippen LogP contribution is 2.22. The molecule has 0 aliphatic carbocycles. The number of amides is 4. The van der Waals surface area contributed by atoms with Gasteiger partial charge in [-0.1, -0.05) is 29.8 Å². The molecule has 0 spiro atoms. The molecule has 4 amide bonds. The predicted octanol–water partition coefficient (Wildman–Crippen LogP) is 2.36. The van der Waals surface area contributed by atoms with Crippen LogP contribution in [0.4, 0.5) is 0 Å². The number of benzene rings is 2. The van der Waals surface area contributed by atoms with Crippen molar-refractivity contribution in [3.8, 4) is 0 Å². The number of fused-ring (bicyclic) bond motifs is 1. The Morgan fingerprint density at radius 3 is 2.16 bits per heavy atom. The summed E-state index contributed by atoms with van der Waals surface area (Å²) in [7, 11) is 0. The van der Waals surface area contributed by atoms with Gasteiger partial charge in [-0.3, -0.25) is 24.1 Å². The van der Waals surface area contributed by atoms with Gasteiger partial charge in [-0.15, -0.1) is 0 Å². The molecule has 0 N–H and O–H groups in total. The first-order chi connectivity index (χ1) is 15.0. The lowest BCUT2D eigenvalue weighted by molar-refractivity contribution is -0.131. The van der Waals surface area contributed by atoms with E-state index in [0.717, 1.165) is 10.5 Å². The normalized spacial score (nSPS) is 16.4. The van der Waals surface area contributed by atoms with Crippen molar-refractivity contribution in [1.29, 1.82) is 0 Å². The number of carbonyl (C=O) groups is 4. The summed E-state index contributed by atoms with van der Waals surface area (Å²) in [5.41, 5.74) is 2.47. The fourth-order valence-electron chi connectivity index (χ4n) is 4.14. The minimum atomic E-state index is -0.348. The zero-order valence-electron chi connectivity index (χ0n) is 17.5. The summed E-state index contributed by atoms with van der Waals surface area (Å²) in [5.74, 6) is -0.830. The van der Waals surface area contributed by atoms with E-state index in [-0.39, 0.29) is 36.6 Å². The minimum Gasteiger partial charge on any atom is -0.341 e. The van der Waals surface area contributed by atoms with Crippen LogP contribution in [-0.4, -0.2) is 71.1 Å². The molecule has 7 heteroatoms.